The van der Waals surface area contributed by atoms with E-state index >= 15 is 0 Å². The second-order valence-electron chi connectivity index (χ2n) is 14.9. The van der Waals surface area contributed by atoms with Crippen LogP contribution in [0, 0.1) is 18.8 Å². The van der Waals surface area contributed by atoms with Crippen molar-refractivity contribution in [3.8, 4) is 0 Å². The summed E-state index contributed by atoms with van der Waals surface area (Å²) in [6.45, 7) is 9.08. The van der Waals surface area contributed by atoms with Crippen molar-refractivity contribution in [1.29, 1.82) is 0 Å². The lowest BCUT2D eigenvalue weighted by atomic mass is 9.81. The summed E-state index contributed by atoms with van der Waals surface area (Å²) in [6, 6.07) is 7.62. The molecular weight excluding hydrogens is 783 g/mol. The van der Waals surface area contributed by atoms with Crippen LogP contribution in [0.3, 0.4) is 0 Å². The highest BCUT2D eigenvalue weighted by atomic mass is 32.2. The van der Waals surface area contributed by atoms with E-state index in [4.69, 9.17) is 23.7 Å². The van der Waals surface area contributed by atoms with E-state index in [2.05, 4.69) is 28.2 Å². The molecule has 0 bridgehead atoms. The zero-order valence-electron chi connectivity index (χ0n) is 34.3. The van der Waals surface area contributed by atoms with Crippen molar-refractivity contribution in [2.45, 2.75) is 88.0 Å². The fourth-order valence-corrected chi connectivity index (χ4v) is 8.35. The van der Waals surface area contributed by atoms with Crippen LogP contribution in [0.5, 0.6) is 0 Å². The number of hydrogen-bond acceptors (Lipinski definition) is 12. The van der Waals surface area contributed by atoms with E-state index in [9.17, 15) is 28.8 Å². The third-order valence-corrected chi connectivity index (χ3v) is 11.8. The van der Waals surface area contributed by atoms with Crippen molar-refractivity contribution < 1.29 is 52.5 Å². The lowest BCUT2D eigenvalue weighted by Crippen LogP contribution is -2.50. The Balaban J connectivity index is 1.02. The van der Waals surface area contributed by atoms with Crippen molar-refractivity contribution in [2.75, 3.05) is 90.2 Å². The second kappa shape index (κ2) is 28.0. The first-order chi connectivity index (χ1) is 28.7. The number of para-hydroxylation sites is 1. The lowest BCUT2D eigenvalue weighted by Gasteiger charge is -2.30. The molecule has 0 aromatic heterocycles. The first-order valence-electron chi connectivity index (χ1n) is 21.1. The van der Waals surface area contributed by atoms with Gasteiger partial charge >= 0.3 is 0 Å². The van der Waals surface area contributed by atoms with Gasteiger partial charge in [0, 0.05) is 44.1 Å². The highest BCUT2D eigenvalue weighted by Crippen LogP contribution is 2.33. The Morgan fingerprint density at radius 2 is 1.44 bits per heavy atom. The van der Waals surface area contributed by atoms with Gasteiger partial charge in [-0.3, -0.25) is 33.7 Å². The third kappa shape index (κ3) is 18.3. The normalized spacial score (nSPS) is 21.0. The molecule has 17 heteroatoms. The van der Waals surface area contributed by atoms with E-state index in [0.717, 1.165) is 25.7 Å². The van der Waals surface area contributed by atoms with Gasteiger partial charge in [0.25, 0.3) is 0 Å². The molecule has 6 amide bonds. The maximum absolute atomic E-state index is 13.2. The van der Waals surface area contributed by atoms with Crippen molar-refractivity contribution >= 4 is 52.9 Å². The number of benzene rings is 1. The van der Waals surface area contributed by atoms with Gasteiger partial charge in [-0.1, -0.05) is 31.0 Å². The fourth-order valence-electron chi connectivity index (χ4n) is 7.17. The van der Waals surface area contributed by atoms with Crippen LogP contribution in [0.4, 0.5) is 5.69 Å². The summed E-state index contributed by atoms with van der Waals surface area (Å²) in [5, 5.41) is 10.9. The molecule has 3 atom stereocenters. The van der Waals surface area contributed by atoms with E-state index < -0.39 is 17.3 Å². The van der Waals surface area contributed by atoms with Crippen molar-refractivity contribution in [1.82, 2.24) is 20.9 Å². The molecule has 0 spiro atoms. The topological polar surface area (TPSA) is 200 Å². The van der Waals surface area contributed by atoms with Gasteiger partial charge in [-0.25, -0.2) is 0 Å². The SMILES string of the molecule is [CH2]COCCOCCOCCOCCOCCNC(=O)C1CCC(CN2C(=O)CC(SCCCCC[C@H](NC(=O)C3CCC(=O)N3)C(=O)Nc3ccccc3)C2=O)CC1. The number of unbranched alkanes of at least 4 members (excludes halogenated alkanes) is 2. The molecule has 1 saturated carbocycles. The maximum atomic E-state index is 13.2. The highest BCUT2D eigenvalue weighted by Gasteiger charge is 2.40. The minimum absolute atomic E-state index is 0.0129. The van der Waals surface area contributed by atoms with Gasteiger partial charge < -0.3 is 45.0 Å². The quantitative estimate of drug-likeness (QED) is 0.0653. The van der Waals surface area contributed by atoms with E-state index in [1.807, 2.05) is 18.2 Å². The predicted octanol–water partition coefficient (Wildman–Crippen LogP) is 2.65. The van der Waals surface area contributed by atoms with Crippen molar-refractivity contribution in [3.63, 3.8) is 0 Å². The molecule has 1 aromatic rings. The Bertz CT molecular complexity index is 1450. The number of rotatable bonds is 30. The van der Waals surface area contributed by atoms with Gasteiger partial charge in [-0.2, -0.15) is 0 Å². The van der Waals surface area contributed by atoms with E-state index in [1.54, 1.807) is 12.1 Å². The second-order valence-corrected chi connectivity index (χ2v) is 16.2. The molecule has 3 aliphatic rings. The number of thioether (sulfide) groups is 1. The van der Waals surface area contributed by atoms with Crippen LogP contribution in [-0.2, 0) is 52.5 Å². The Labute approximate surface area is 352 Å². The summed E-state index contributed by atoms with van der Waals surface area (Å²) < 4.78 is 26.9. The van der Waals surface area contributed by atoms with Gasteiger partial charge in [0.05, 0.1) is 64.7 Å². The minimum atomic E-state index is -0.764. The van der Waals surface area contributed by atoms with Gasteiger partial charge in [0.1, 0.15) is 12.1 Å². The van der Waals surface area contributed by atoms with Crippen LogP contribution < -0.4 is 21.3 Å². The summed E-state index contributed by atoms with van der Waals surface area (Å²) in [4.78, 5) is 77.8. The van der Waals surface area contributed by atoms with Crippen LogP contribution in [0.15, 0.2) is 30.3 Å². The molecule has 2 heterocycles. The number of carbonyl (C=O) groups is 6. The fraction of sp³-hybridized carbons (Fsp3) is 0.690. The largest absolute Gasteiger partial charge is 0.379 e. The minimum Gasteiger partial charge on any atom is -0.379 e. The first-order valence-corrected chi connectivity index (χ1v) is 22.2. The van der Waals surface area contributed by atoms with Crippen LogP contribution >= 0.6 is 11.8 Å². The molecule has 329 valence electrons. The van der Waals surface area contributed by atoms with Gasteiger partial charge in [-0.15, -0.1) is 11.8 Å². The molecule has 1 aliphatic carbocycles. The summed E-state index contributed by atoms with van der Waals surface area (Å²) in [5.41, 5.74) is 0.628. The molecule has 2 unspecified atom stereocenters. The molecule has 2 saturated heterocycles. The maximum Gasteiger partial charge on any atom is 0.246 e. The number of nitrogens with one attached hydrogen (secondary N) is 4. The standard InChI is InChI=1S/C42H64N5O11S/c1-2-54-20-21-56-24-25-58-27-26-57-23-22-55-19-18-43-39(50)32-14-12-31(13-15-32)30-47-38(49)29-36(42(47)53)59-28-8-4-7-11-34(40(51)44-33-9-5-3-6-10-33)46-41(52)35-16-17-37(48)45-35/h3,5-6,9-10,31-32,34-36H,1-2,4,7-8,11-30H2,(H,43,50)(H,44,51)(H,45,48)(H,46,52)/t31?,32?,34-,35?,36?/m0/s1. The summed E-state index contributed by atoms with van der Waals surface area (Å²) in [6.07, 6.45) is 6.53. The number of ether oxygens (including phenoxy) is 5. The van der Waals surface area contributed by atoms with Crippen molar-refractivity contribution in [3.05, 3.63) is 37.3 Å². The van der Waals surface area contributed by atoms with Gasteiger partial charge in [-0.05, 0) is 75.7 Å². The van der Waals surface area contributed by atoms with Gasteiger partial charge in [0.2, 0.25) is 35.4 Å². The number of anilines is 1. The molecule has 2 aliphatic heterocycles. The van der Waals surface area contributed by atoms with Crippen LogP contribution in [0.1, 0.15) is 70.6 Å². The van der Waals surface area contributed by atoms with E-state index in [-0.39, 0.29) is 60.1 Å². The lowest BCUT2D eigenvalue weighted by molar-refractivity contribution is -0.139. The molecule has 1 radical (unpaired) electrons. The van der Waals surface area contributed by atoms with Gasteiger partial charge in [0.15, 0.2) is 0 Å². The summed E-state index contributed by atoms with van der Waals surface area (Å²) in [7, 11) is 0. The summed E-state index contributed by atoms with van der Waals surface area (Å²) >= 11 is 1.50. The Morgan fingerprint density at radius 3 is 2.07 bits per heavy atom. The molecule has 3 fully saturated rings. The predicted molar refractivity (Wildman–Crippen MR) is 222 cm³/mol. The average molecular weight is 847 g/mol. The number of likely N-dealkylation sites (tertiary alicyclic amines) is 1. The Morgan fingerprint density at radius 1 is 0.797 bits per heavy atom. The number of amides is 6. The van der Waals surface area contributed by atoms with Crippen LogP contribution in [0.2, 0.25) is 0 Å². The Hall–Kier alpha value is -3.61. The average Bonchev–Trinajstić information content (AvgIpc) is 3.79. The molecule has 59 heavy (non-hydrogen) atoms. The molecule has 16 nitrogen and oxygen atoms in total. The zero-order valence-corrected chi connectivity index (χ0v) is 35.1. The monoisotopic (exact) mass is 846 g/mol. The number of hydrogen-bond donors (Lipinski definition) is 4. The smallest absolute Gasteiger partial charge is 0.246 e. The number of carbonyl (C=O) groups excluding carboxylic acids is 6. The van der Waals surface area contributed by atoms with Crippen LogP contribution in [-0.4, -0.2) is 143 Å². The number of nitrogens with zero attached hydrogens (tertiary/aromatic N) is 1. The zero-order chi connectivity index (χ0) is 42.1. The van der Waals surface area contributed by atoms with Crippen molar-refractivity contribution in [2.24, 2.45) is 11.8 Å². The summed E-state index contributed by atoms with van der Waals surface area (Å²) in [5.74, 6) is -0.338. The highest BCUT2D eigenvalue weighted by molar-refractivity contribution is 8.00. The Kier molecular flexibility index (Phi) is 22.8. The molecule has 4 N–H and O–H groups in total. The number of imide groups is 1. The third-order valence-electron chi connectivity index (χ3n) is 10.5. The van der Waals surface area contributed by atoms with E-state index in [1.165, 1.54) is 16.7 Å². The van der Waals surface area contributed by atoms with E-state index in [0.29, 0.717) is 123 Å². The van der Waals surface area contributed by atoms with Crippen LogP contribution in [0.25, 0.3) is 0 Å². The molecule has 4 rings (SSSR count). The molecular formula is C42H64N5O11S. The first kappa shape index (κ1) is 48.1. The molecule has 1 aromatic carbocycles.